The molecule has 2 saturated heterocycles. The number of fused-ring (bicyclic) bond motifs is 1. The van der Waals surface area contributed by atoms with E-state index < -0.39 is 0 Å². The minimum absolute atomic E-state index is 0.0330. The summed E-state index contributed by atoms with van der Waals surface area (Å²) < 4.78 is 7.49. The SMILES string of the molecule is O=C1OCC[C@H]1N1CCC[C@@H](c2nnc3n2CCCCC3)C1. The van der Waals surface area contributed by atoms with Crippen molar-refractivity contribution in [3.8, 4) is 0 Å². The van der Waals surface area contributed by atoms with Gasteiger partial charge in [0, 0.05) is 31.8 Å². The van der Waals surface area contributed by atoms with Gasteiger partial charge in [-0.15, -0.1) is 10.2 Å². The predicted octanol–water partition coefficient (Wildman–Crippen LogP) is 1.50. The molecule has 2 atom stereocenters. The van der Waals surface area contributed by atoms with Crippen molar-refractivity contribution in [1.29, 1.82) is 0 Å². The molecule has 120 valence electrons. The summed E-state index contributed by atoms with van der Waals surface area (Å²) in [7, 11) is 0. The highest BCUT2D eigenvalue weighted by molar-refractivity contribution is 5.77. The fraction of sp³-hybridized carbons (Fsp3) is 0.812. The highest BCUT2D eigenvalue weighted by Crippen LogP contribution is 2.30. The summed E-state index contributed by atoms with van der Waals surface area (Å²) in [4.78, 5) is 14.2. The Labute approximate surface area is 130 Å². The number of aromatic nitrogens is 3. The molecule has 0 amide bonds. The molecule has 2 fully saturated rings. The van der Waals surface area contributed by atoms with Gasteiger partial charge in [0.05, 0.1) is 6.61 Å². The summed E-state index contributed by atoms with van der Waals surface area (Å²) in [5, 5.41) is 8.95. The first kappa shape index (κ1) is 14.2. The summed E-state index contributed by atoms with van der Waals surface area (Å²) >= 11 is 0. The van der Waals surface area contributed by atoms with Crippen LogP contribution in [-0.2, 0) is 22.5 Å². The number of aryl methyl sites for hydroxylation is 1. The fourth-order valence-corrected chi connectivity index (χ4v) is 4.13. The van der Waals surface area contributed by atoms with Crippen LogP contribution in [0.3, 0.4) is 0 Å². The highest BCUT2D eigenvalue weighted by atomic mass is 16.5. The van der Waals surface area contributed by atoms with Gasteiger partial charge in [-0.05, 0) is 32.2 Å². The molecule has 3 aliphatic rings. The topological polar surface area (TPSA) is 60.2 Å². The Morgan fingerprint density at radius 1 is 1.05 bits per heavy atom. The van der Waals surface area contributed by atoms with Crippen molar-refractivity contribution in [2.24, 2.45) is 0 Å². The Bertz CT molecular complexity index is 556. The lowest BCUT2D eigenvalue weighted by Crippen LogP contribution is -2.44. The lowest BCUT2D eigenvalue weighted by atomic mass is 9.95. The summed E-state index contributed by atoms with van der Waals surface area (Å²) in [6, 6.07) is -0.0330. The Morgan fingerprint density at radius 3 is 2.86 bits per heavy atom. The van der Waals surface area contributed by atoms with Gasteiger partial charge in [0.1, 0.15) is 17.7 Å². The number of carbonyl (C=O) groups is 1. The maximum atomic E-state index is 11.8. The second-order valence-electron chi connectivity index (χ2n) is 6.74. The molecule has 0 radical (unpaired) electrons. The van der Waals surface area contributed by atoms with Gasteiger partial charge in [-0.3, -0.25) is 9.69 Å². The number of likely N-dealkylation sites (tertiary alicyclic amines) is 1. The second kappa shape index (κ2) is 5.99. The van der Waals surface area contributed by atoms with E-state index in [0.29, 0.717) is 12.5 Å². The smallest absolute Gasteiger partial charge is 0.323 e. The number of piperidine rings is 1. The Kier molecular flexibility index (Phi) is 3.86. The van der Waals surface area contributed by atoms with Crippen molar-refractivity contribution >= 4 is 5.97 Å². The normalized spacial score (nSPS) is 29.9. The number of ether oxygens (including phenoxy) is 1. The molecule has 1 aromatic rings. The first-order valence-electron chi connectivity index (χ1n) is 8.65. The van der Waals surface area contributed by atoms with Crippen molar-refractivity contribution in [3.63, 3.8) is 0 Å². The zero-order valence-corrected chi connectivity index (χ0v) is 13.0. The molecule has 3 aliphatic heterocycles. The molecule has 0 saturated carbocycles. The van der Waals surface area contributed by atoms with E-state index in [9.17, 15) is 4.79 Å². The van der Waals surface area contributed by atoms with E-state index in [1.165, 1.54) is 19.3 Å². The monoisotopic (exact) mass is 304 g/mol. The molecule has 22 heavy (non-hydrogen) atoms. The lowest BCUT2D eigenvalue weighted by molar-refractivity contribution is -0.142. The molecule has 0 aromatic carbocycles. The number of hydrogen-bond acceptors (Lipinski definition) is 5. The Hall–Kier alpha value is -1.43. The molecule has 0 unspecified atom stereocenters. The van der Waals surface area contributed by atoms with Gasteiger partial charge in [-0.25, -0.2) is 0 Å². The van der Waals surface area contributed by atoms with E-state index in [0.717, 1.165) is 57.0 Å². The van der Waals surface area contributed by atoms with Gasteiger partial charge in [0.15, 0.2) is 0 Å². The van der Waals surface area contributed by atoms with Crippen LogP contribution in [0.5, 0.6) is 0 Å². The maximum Gasteiger partial charge on any atom is 0.323 e. The molecule has 4 heterocycles. The molecule has 0 N–H and O–H groups in total. The number of rotatable bonds is 2. The second-order valence-corrected chi connectivity index (χ2v) is 6.74. The van der Waals surface area contributed by atoms with Gasteiger partial charge in [0.2, 0.25) is 0 Å². The van der Waals surface area contributed by atoms with Gasteiger partial charge >= 0.3 is 5.97 Å². The first-order chi connectivity index (χ1) is 10.8. The van der Waals surface area contributed by atoms with Crippen LogP contribution in [0.25, 0.3) is 0 Å². The third-order valence-electron chi connectivity index (χ3n) is 5.30. The number of nitrogens with zero attached hydrogens (tertiary/aromatic N) is 4. The molecule has 6 heteroatoms. The summed E-state index contributed by atoms with van der Waals surface area (Å²) in [6.07, 6.45) is 7.90. The average Bonchev–Trinajstić information content (AvgIpc) is 3.07. The van der Waals surface area contributed by atoms with Crippen molar-refractivity contribution in [1.82, 2.24) is 19.7 Å². The molecule has 6 nitrogen and oxygen atoms in total. The summed E-state index contributed by atoms with van der Waals surface area (Å²) in [6.45, 7) is 3.54. The van der Waals surface area contributed by atoms with E-state index in [1.807, 2.05) is 0 Å². The fourth-order valence-electron chi connectivity index (χ4n) is 4.13. The zero-order chi connectivity index (χ0) is 14.9. The quantitative estimate of drug-likeness (QED) is 0.775. The van der Waals surface area contributed by atoms with Crippen molar-refractivity contribution in [2.45, 2.75) is 63.5 Å². The number of esters is 1. The molecule has 0 aliphatic carbocycles. The lowest BCUT2D eigenvalue weighted by Gasteiger charge is -2.34. The summed E-state index contributed by atoms with van der Waals surface area (Å²) in [5.41, 5.74) is 0. The van der Waals surface area contributed by atoms with Crippen molar-refractivity contribution in [2.75, 3.05) is 19.7 Å². The molecule has 1 aromatic heterocycles. The van der Waals surface area contributed by atoms with Gasteiger partial charge < -0.3 is 9.30 Å². The molecule has 4 rings (SSSR count). The largest absolute Gasteiger partial charge is 0.464 e. The van der Waals surface area contributed by atoms with Crippen LogP contribution in [0.15, 0.2) is 0 Å². The van der Waals surface area contributed by atoms with Crippen LogP contribution in [0, 0.1) is 0 Å². The first-order valence-corrected chi connectivity index (χ1v) is 8.65. The minimum atomic E-state index is -0.0410. The average molecular weight is 304 g/mol. The third kappa shape index (κ3) is 2.53. The van der Waals surface area contributed by atoms with E-state index in [2.05, 4.69) is 19.7 Å². The minimum Gasteiger partial charge on any atom is -0.464 e. The zero-order valence-electron chi connectivity index (χ0n) is 13.0. The Balaban J connectivity index is 1.53. The van der Waals surface area contributed by atoms with E-state index in [-0.39, 0.29) is 12.0 Å². The number of cyclic esters (lactones) is 1. The van der Waals surface area contributed by atoms with Crippen LogP contribution < -0.4 is 0 Å². The molecule has 0 bridgehead atoms. The van der Waals surface area contributed by atoms with Gasteiger partial charge in [-0.2, -0.15) is 0 Å². The number of hydrogen-bond donors (Lipinski definition) is 0. The van der Waals surface area contributed by atoms with Crippen molar-refractivity contribution in [3.05, 3.63) is 11.6 Å². The van der Waals surface area contributed by atoms with Crippen LogP contribution >= 0.6 is 0 Å². The molecular formula is C16H24N4O2. The summed E-state index contributed by atoms with van der Waals surface area (Å²) in [5.74, 6) is 2.67. The Morgan fingerprint density at radius 2 is 2.00 bits per heavy atom. The highest BCUT2D eigenvalue weighted by Gasteiger charge is 2.36. The maximum absolute atomic E-state index is 11.8. The van der Waals surface area contributed by atoms with Crippen LogP contribution in [0.2, 0.25) is 0 Å². The number of carbonyl (C=O) groups excluding carboxylic acids is 1. The van der Waals surface area contributed by atoms with Crippen molar-refractivity contribution < 1.29 is 9.53 Å². The van der Waals surface area contributed by atoms with Crippen LogP contribution in [0.1, 0.15) is 56.1 Å². The molecular weight excluding hydrogens is 280 g/mol. The molecule has 0 spiro atoms. The standard InChI is InChI=1S/C16H24N4O2/c21-16-13(7-10-22-16)19-8-4-5-12(11-19)15-18-17-14-6-2-1-3-9-20(14)15/h12-13H,1-11H2/t12-,13-/m1/s1. The predicted molar refractivity (Wildman–Crippen MR) is 80.5 cm³/mol. The van der Waals surface area contributed by atoms with E-state index in [1.54, 1.807) is 0 Å². The van der Waals surface area contributed by atoms with Gasteiger partial charge in [0.25, 0.3) is 0 Å². The van der Waals surface area contributed by atoms with Crippen LogP contribution in [0.4, 0.5) is 0 Å². The third-order valence-corrected chi connectivity index (χ3v) is 5.30. The van der Waals surface area contributed by atoms with E-state index >= 15 is 0 Å². The van der Waals surface area contributed by atoms with Gasteiger partial charge in [-0.1, -0.05) is 6.42 Å². The van der Waals surface area contributed by atoms with E-state index in [4.69, 9.17) is 4.74 Å². The van der Waals surface area contributed by atoms with Crippen LogP contribution in [-0.4, -0.2) is 51.4 Å².